The number of carbonyl (C=O) groups is 1. The Labute approximate surface area is 205 Å². The number of hydrogen-bond donors (Lipinski definition) is 1. The van der Waals surface area contributed by atoms with E-state index in [0.717, 1.165) is 16.7 Å². The number of rotatable bonds is 8. The average Bonchev–Trinajstić information content (AvgIpc) is 2.76. The Morgan fingerprint density at radius 2 is 1.88 bits per heavy atom. The fourth-order valence-electron chi connectivity index (χ4n) is 2.90. The molecule has 32 heavy (non-hydrogen) atoms. The van der Waals surface area contributed by atoms with E-state index < -0.39 is 0 Å². The zero-order chi connectivity index (χ0) is 23.1. The van der Waals surface area contributed by atoms with Crippen molar-refractivity contribution in [3.8, 4) is 11.5 Å². The van der Waals surface area contributed by atoms with E-state index in [1.165, 1.54) is 0 Å². The van der Waals surface area contributed by atoms with Crippen molar-refractivity contribution in [1.29, 1.82) is 0 Å². The summed E-state index contributed by atoms with van der Waals surface area (Å²) >= 11 is 15.6. The first-order chi connectivity index (χ1) is 15.4. The first-order valence-electron chi connectivity index (χ1n) is 9.81. The second-order valence-electron chi connectivity index (χ2n) is 6.81. The van der Waals surface area contributed by atoms with Crippen LogP contribution in [0.3, 0.4) is 0 Å². The molecule has 0 fully saturated rings. The zero-order valence-corrected chi connectivity index (χ0v) is 20.6. The van der Waals surface area contributed by atoms with Crippen LogP contribution in [0.4, 0.5) is 0 Å². The van der Waals surface area contributed by atoms with Gasteiger partial charge in [0.25, 0.3) is 5.91 Å². The van der Waals surface area contributed by atoms with Crippen molar-refractivity contribution >= 4 is 51.3 Å². The molecule has 0 aromatic heterocycles. The quantitative estimate of drug-likeness (QED) is 0.254. The lowest BCUT2D eigenvalue weighted by atomic mass is 10.1. The molecular weight excluding hydrogens is 515 g/mol. The molecule has 0 bridgehead atoms. The maximum atomic E-state index is 12.3. The van der Waals surface area contributed by atoms with Gasteiger partial charge in [0.1, 0.15) is 6.61 Å². The number of hydrazone groups is 1. The molecule has 0 saturated carbocycles. The molecule has 0 saturated heterocycles. The summed E-state index contributed by atoms with van der Waals surface area (Å²) in [6, 6.07) is 16.3. The van der Waals surface area contributed by atoms with Crippen LogP contribution in [0.15, 0.2) is 64.2 Å². The van der Waals surface area contributed by atoms with E-state index in [1.54, 1.807) is 30.5 Å². The summed E-state index contributed by atoms with van der Waals surface area (Å²) in [5.74, 6) is 0.831. The van der Waals surface area contributed by atoms with E-state index in [4.69, 9.17) is 32.7 Å². The highest BCUT2D eigenvalue weighted by Gasteiger charge is 2.13. The van der Waals surface area contributed by atoms with Crippen molar-refractivity contribution in [2.24, 2.45) is 5.10 Å². The number of nitrogens with zero attached hydrogens (tertiary/aromatic N) is 1. The Morgan fingerprint density at radius 3 is 2.59 bits per heavy atom. The lowest BCUT2D eigenvalue weighted by Gasteiger charge is -2.15. The van der Waals surface area contributed by atoms with Gasteiger partial charge in [0, 0.05) is 5.56 Å². The van der Waals surface area contributed by atoms with Crippen molar-refractivity contribution in [1.82, 2.24) is 5.43 Å². The third kappa shape index (κ3) is 6.25. The topological polar surface area (TPSA) is 59.9 Å². The van der Waals surface area contributed by atoms with Crippen LogP contribution in [0, 0.1) is 6.92 Å². The Kier molecular flexibility index (Phi) is 8.56. The smallest absolute Gasteiger partial charge is 0.271 e. The average molecular weight is 536 g/mol. The van der Waals surface area contributed by atoms with Gasteiger partial charge in [-0.3, -0.25) is 4.79 Å². The molecule has 0 aliphatic heterocycles. The third-order valence-electron chi connectivity index (χ3n) is 4.47. The van der Waals surface area contributed by atoms with Gasteiger partial charge in [-0.2, -0.15) is 5.10 Å². The minimum atomic E-state index is -0.273. The van der Waals surface area contributed by atoms with E-state index >= 15 is 0 Å². The molecule has 3 aromatic carbocycles. The summed E-state index contributed by atoms with van der Waals surface area (Å²) in [5.41, 5.74) is 5.61. The molecule has 0 heterocycles. The highest BCUT2D eigenvalue weighted by Crippen LogP contribution is 2.37. The fourth-order valence-corrected chi connectivity index (χ4v) is 3.80. The SMILES string of the molecule is CCOc1cc(/C=N\NC(=O)c2ccccc2C)cc(Br)c1OCc1ccc(Cl)c(Cl)c1. The van der Waals surface area contributed by atoms with Crippen LogP contribution in [0.5, 0.6) is 11.5 Å². The maximum Gasteiger partial charge on any atom is 0.271 e. The molecule has 3 aromatic rings. The fraction of sp³-hybridized carbons (Fsp3) is 0.167. The van der Waals surface area contributed by atoms with Crippen LogP contribution in [0.1, 0.15) is 34.0 Å². The molecule has 0 unspecified atom stereocenters. The van der Waals surface area contributed by atoms with Crippen molar-refractivity contribution in [2.75, 3.05) is 6.61 Å². The van der Waals surface area contributed by atoms with Crippen LogP contribution in [-0.4, -0.2) is 18.7 Å². The lowest BCUT2D eigenvalue weighted by Crippen LogP contribution is -2.18. The Morgan fingerprint density at radius 1 is 1.09 bits per heavy atom. The number of hydrogen-bond acceptors (Lipinski definition) is 4. The summed E-state index contributed by atoms with van der Waals surface area (Å²) in [6.45, 7) is 4.51. The summed E-state index contributed by atoms with van der Waals surface area (Å²) in [6.07, 6.45) is 1.55. The van der Waals surface area contributed by atoms with Gasteiger partial charge >= 0.3 is 0 Å². The largest absolute Gasteiger partial charge is 0.490 e. The minimum Gasteiger partial charge on any atom is -0.490 e. The highest BCUT2D eigenvalue weighted by atomic mass is 79.9. The molecule has 0 spiro atoms. The molecular formula is C24H21BrCl2N2O3. The number of halogens is 3. The number of carbonyl (C=O) groups excluding carboxylic acids is 1. The first kappa shape index (κ1) is 24.1. The van der Waals surface area contributed by atoms with Gasteiger partial charge in [-0.05, 0) is 76.8 Å². The van der Waals surface area contributed by atoms with Crippen LogP contribution in [0.25, 0.3) is 0 Å². The van der Waals surface area contributed by atoms with E-state index in [0.29, 0.717) is 38.2 Å². The molecule has 3 rings (SSSR count). The van der Waals surface area contributed by atoms with Gasteiger partial charge in [-0.15, -0.1) is 0 Å². The third-order valence-corrected chi connectivity index (χ3v) is 5.80. The number of amides is 1. The standard InChI is InChI=1S/C24H21BrCl2N2O3/c1-3-31-22-12-17(13-28-29-24(30)18-7-5-4-6-15(18)2)10-19(25)23(22)32-14-16-8-9-20(26)21(27)11-16/h4-13H,3,14H2,1-2H3,(H,29,30)/b28-13-. The summed E-state index contributed by atoms with van der Waals surface area (Å²) in [5, 5.41) is 5.03. The molecule has 0 atom stereocenters. The van der Waals surface area contributed by atoms with Gasteiger partial charge in [0.2, 0.25) is 0 Å². The molecule has 0 radical (unpaired) electrons. The van der Waals surface area contributed by atoms with Crippen molar-refractivity contribution in [3.63, 3.8) is 0 Å². The van der Waals surface area contributed by atoms with Gasteiger partial charge in [-0.1, -0.05) is 47.5 Å². The number of benzene rings is 3. The van der Waals surface area contributed by atoms with Crippen molar-refractivity contribution in [3.05, 3.63) is 91.4 Å². The van der Waals surface area contributed by atoms with E-state index in [1.807, 2.05) is 44.2 Å². The van der Waals surface area contributed by atoms with E-state index in [-0.39, 0.29) is 12.5 Å². The highest BCUT2D eigenvalue weighted by molar-refractivity contribution is 9.10. The number of aryl methyl sites for hydroxylation is 1. The molecule has 5 nitrogen and oxygen atoms in total. The van der Waals surface area contributed by atoms with Crippen LogP contribution in [-0.2, 0) is 6.61 Å². The molecule has 8 heteroatoms. The molecule has 1 amide bonds. The van der Waals surface area contributed by atoms with Crippen molar-refractivity contribution < 1.29 is 14.3 Å². The molecule has 166 valence electrons. The Bertz CT molecular complexity index is 1150. The summed E-state index contributed by atoms with van der Waals surface area (Å²) in [4.78, 5) is 12.3. The molecule has 0 aliphatic carbocycles. The predicted molar refractivity (Wildman–Crippen MR) is 132 cm³/mol. The number of ether oxygens (including phenoxy) is 2. The predicted octanol–water partition coefficient (Wildman–Crippen LogP) is 6.81. The van der Waals surface area contributed by atoms with Gasteiger partial charge < -0.3 is 9.47 Å². The molecule has 1 N–H and O–H groups in total. The maximum absolute atomic E-state index is 12.3. The second-order valence-corrected chi connectivity index (χ2v) is 8.48. The Hall–Kier alpha value is -2.54. The van der Waals surface area contributed by atoms with Gasteiger partial charge in [0.05, 0.1) is 27.3 Å². The van der Waals surface area contributed by atoms with Gasteiger partial charge in [0.15, 0.2) is 11.5 Å². The number of nitrogens with one attached hydrogen (secondary N) is 1. The van der Waals surface area contributed by atoms with Crippen LogP contribution >= 0.6 is 39.1 Å². The summed E-state index contributed by atoms with van der Waals surface area (Å²) in [7, 11) is 0. The van der Waals surface area contributed by atoms with Crippen LogP contribution < -0.4 is 14.9 Å². The summed E-state index contributed by atoms with van der Waals surface area (Å²) < 4.78 is 12.4. The second kappa shape index (κ2) is 11.4. The Balaban J connectivity index is 1.74. The first-order valence-corrected chi connectivity index (χ1v) is 11.4. The normalized spacial score (nSPS) is 10.9. The van der Waals surface area contributed by atoms with E-state index in [9.17, 15) is 4.79 Å². The lowest BCUT2D eigenvalue weighted by molar-refractivity contribution is 0.0954. The van der Waals surface area contributed by atoms with E-state index in [2.05, 4.69) is 26.5 Å². The monoisotopic (exact) mass is 534 g/mol. The van der Waals surface area contributed by atoms with Crippen LogP contribution in [0.2, 0.25) is 10.0 Å². The zero-order valence-electron chi connectivity index (χ0n) is 17.5. The molecule has 0 aliphatic rings. The van der Waals surface area contributed by atoms with Crippen molar-refractivity contribution in [2.45, 2.75) is 20.5 Å². The van der Waals surface area contributed by atoms with Gasteiger partial charge in [-0.25, -0.2) is 5.43 Å². The minimum absolute atomic E-state index is 0.273.